The summed E-state index contributed by atoms with van der Waals surface area (Å²) in [6.45, 7) is 0. The molecule has 88 valence electrons. The quantitative estimate of drug-likeness (QED) is 0.672. The van der Waals surface area contributed by atoms with Crippen molar-refractivity contribution in [3.63, 3.8) is 0 Å². The van der Waals surface area contributed by atoms with E-state index >= 15 is 0 Å². The van der Waals surface area contributed by atoms with Gasteiger partial charge in [-0.2, -0.15) is 5.10 Å². The van der Waals surface area contributed by atoms with Crippen LogP contribution in [0.2, 0.25) is 0 Å². The lowest BCUT2D eigenvalue weighted by Crippen LogP contribution is -2.10. The summed E-state index contributed by atoms with van der Waals surface area (Å²) in [5.41, 5.74) is 1.67. The molecule has 0 unspecified atom stereocenters. The summed E-state index contributed by atoms with van der Waals surface area (Å²) in [7, 11) is 0. The van der Waals surface area contributed by atoms with Crippen molar-refractivity contribution in [1.82, 2.24) is 19.4 Å². The van der Waals surface area contributed by atoms with Crippen LogP contribution in [0.15, 0.2) is 48.0 Å². The molecule has 0 atom stereocenters. The largest absolute Gasteiger partial charge is 0.285 e. The molecule has 5 nitrogen and oxygen atoms in total. The fourth-order valence-corrected chi connectivity index (χ4v) is 2.08. The summed E-state index contributed by atoms with van der Waals surface area (Å²) in [5.74, 6) is -0.176. The number of hydrogen-bond acceptors (Lipinski definition) is 5. The van der Waals surface area contributed by atoms with Crippen molar-refractivity contribution in [2.24, 2.45) is 0 Å². The molecule has 0 saturated heterocycles. The Morgan fingerprint density at radius 3 is 2.72 bits per heavy atom. The van der Waals surface area contributed by atoms with Crippen LogP contribution in [0.1, 0.15) is 16.2 Å². The van der Waals surface area contributed by atoms with E-state index in [1.807, 2.05) is 30.3 Å². The molecule has 0 aliphatic carbocycles. The summed E-state index contributed by atoms with van der Waals surface area (Å²) in [4.78, 5) is 12.2. The maximum atomic E-state index is 12.2. The molecule has 0 aliphatic heterocycles. The van der Waals surface area contributed by atoms with E-state index in [9.17, 15) is 4.79 Å². The van der Waals surface area contributed by atoms with E-state index in [1.165, 1.54) is 0 Å². The Kier molecular flexibility index (Phi) is 2.70. The first kappa shape index (κ1) is 10.8. The van der Waals surface area contributed by atoms with Crippen molar-refractivity contribution in [3.05, 3.63) is 59.4 Å². The number of rotatable bonds is 3. The van der Waals surface area contributed by atoms with Gasteiger partial charge in [0.1, 0.15) is 11.4 Å². The third kappa shape index (κ3) is 1.82. The molecule has 1 aromatic carbocycles. The van der Waals surface area contributed by atoms with Crippen LogP contribution >= 0.6 is 11.5 Å². The maximum absolute atomic E-state index is 12.2. The van der Waals surface area contributed by atoms with Gasteiger partial charge in [-0.1, -0.05) is 22.7 Å². The molecule has 0 bridgehead atoms. The third-order valence-corrected chi connectivity index (χ3v) is 2.97. The molecule has 0 aliphatic rings. The monoisotopic (exact) mass is 256 g/mol. The molecular formula is C12H8N4OS. The molecule has 6 heteroatoms. The first-order chi connectivity index (χ1) is 8.86. The summed E-state index contributed by atoms with van der Waals surface area (Å²) in [6, 6.07) is 11.2. The number of ketones is 1. The van der Waals surface area contributed by atoms with Gasteiger partial charge in [-0.3, -0.25) is 4.79 Å². The molecular weight excluding hydrogens is 248 g/mol. The number of para-hydroxylation sites is 1. The normalized spacial score (nSPS) is 10.4. The standard InChI is InChI=1S/C12H8N4OS/c17-12(10-8-18-15-14-10)11-6-7-13-16(11)9-4-2-1-3-5-9/h1-8H. The Balaban J connectivity index is 2.05. The van der Waals surface area contributed by atoms with Gasteiger partial charge < -0.3 is 0 Å². The first-order valence-electron chi connectivity index (χ1n) is 5.27. The highest BCUT2D eigenvalue weighted by atomic mass is 32.1. The zero-order valence-corrected chi connectivity index (χ0v) is 10.0. The summed E-state index contributed by atoms with van der Waals surface area (Å²) >= 11 is 1.16. The molecule has 0 fully saturated rings. The van der Waals surface area contributed by atoms with Gasteiger partial charge in [0.15, 0.2) is 0 Å². The van der Waals surface area contributed by atoms with Crippen molar-refractivity contribution in [2.75, 3.05) is 0 Å². The highest BCUT2D eigenvalue weighted by molar-refractivity contribution is 7.03. The molecule has 0 N–H and O–H groups in total. The van der Waals surface area contributed by atoms with Crippen molar-refractivity contribution in [3.8, 4) is 5.69 Å². The predicted molar refractivity (Wildman–Crippen MR) is 66.9 cm³/mol. The lowest BCUT2D eigenvalue weighted by molar-refractivity contribution is 0.102. The van der Waals surface area contributed by atoms with Crippen LogP contribution in [0.5, 0.6) is 0 Å². The fourth-order valence-electron chi connectivity index (χ4n) is 1.64. The first-order valence-corrected chi connectivity index (χ1v) is 6.11. The molecule has 18 heavy (non-hydrogen) atoms. The average molecular weight is 256 g/mol. The second kappa shape index (κ2) is 4.50. The maximum Gasteiger partial charge on any atom is 0.232 e. The second-order valence-corrected chi connectivity index (χ2v) is 4.19. The molecule has 3 rings (SSSR count). The van der Waals surface area contributed by atoms with Crippen LogP contribution < -0.4 is 0 Å². The van der Waals surface area contributed by atoms with Gasteiger partial charge in [-0.25, -0.2) is 4.68 Å². The van der Waals surface area contributed by atoms with E-state index in [0.717, 1.165) is 17.2 Å². The van der Waals surface area contributed by atoms with Crippen LogP contribution in [0.25, 0.3) is 5.69 Å². The summed E-state index contributed by atoms with van der Waals surface area (Å²) in [6.07, 6.45) is 1.60. The third-order valence-electron chi connectivity index (χ3n) is 2.47. The van der Waals surface area contributed by atoms with Gasteiger partial charge in [0, 0.05) is 5.38 Å². The van der Waals surface area contributed by atoms with Crippen molar-refractivity contribution >= 4 is 17.3 Å². The molecule has 0 radical (unpaired) electrons. The molecule has 0 amide bonds. The van der Waals surface area contributed by atoms with E-state index in [4.69, 9.17) is 0 Å². The minimum atomic E-state index is -0.176. The summed E-state index contributed by atoms with van der Waals surface area (Å²) in [5, 5.41) is 9.58. The van der Waals surface area contributed by atoms with E-state index in [1.54, 1.807) is 22.3 Å². The highest BCUT2D eigenvalue weighted by Crippen LogP contribution is 2.13. The van der Waals surface area contributed by atoms with Gasteiger partial charge in [0.25, 0.3) is 0 Å². The fraction of sp³-hybridized carbons (Fsp3) is 0. The number of nitrogens with zero attached hydrogens (tertiary/aromatic N) is 4. The van der Waals surface area contributed by atoms with Gasteiger partial charge >= 0.3 is 0 Å². The minimum absolute atomic E-state index is 0.176. The van der Waals surface area contributed by atoms with Crippen LogP contribution in [-0.4, -0.2) is 25.2 Å². The topological polar surface area (TPSA) is 60.7 Å². The minimum Gasteiger partial charge on any atom is -0.285 e. The van der Waals surface area contributed by atoms with Crippen molar-refractivity contribution in [2.45, 2.75) is 0 Å². The molecule has 2 heterocycles. The molecule has 2 aromatic heterocycles. The number of benzene rings is 1. The Labute approximate surface area is 107 Å². The molecule has 0 saturated carbocycles. The van der Waals surface area contributed by atoms with Gasteiger partial charge in [0.2, 0.25) is 5.78 Å². The van der Waals surface area contributed by atoms with E-state index < -0.39 is 0 Å². The van der Waals surface area contributed by atoms with Crippen LogP contribution in [-0.2, 0) is 0 Å². The van der Waals surface area contributed by atoms with Gasteiger partial charge in [-0.15, -0.1) is 5.10 Å². The number of aromatic nitrogens is 4. The predicted octanol–water partition coefficient (Wildman–Crippen LogP) is 1.95. The Bertz CT molecular complexity index is 660. The molecule has 0 spiro atoms. The Hall–Kier alpha value is -2.34. The van der Waals surface area contributed by atoms with Crippen LogP contribution in [0, 0.1) is 0 Å². The Morgan fingerprint density at radius 1 is 1.17 bits per heavy atom. The van der Waals surface area contributed by atoms with Crippen molar-refractivity contribution in [1.29, 1.82) is 0 Å². The zero-order chi connectivity index (χ0) is 12.4. The van der Waals surface area contributed by atoms with Crippen molar-refractivity contribution < 1.29 is 4.79 Å². The lowest BCUT2D eigenvalue weighted by Gasteiger charge is -2.04. The van der Waals surface area contributed by atoms with Crippen LogP contribution in [0.3, 0.4) is 0 Å². The highest BCUT2D eigenvalue weighted by Gasteiger charge is 2.17. The number of carbonyl (C=O) groups excluding carboxylic acids is 1. The van der Waals surface area contributed by atoms with E-state index in [2.05, 4.69) is 14.7 Å². The zero-order valence-electron chi connectivity index (χ0n) is 9.22. The van der Waals surface area contributed by atoms with E-state index in [0.29, 0.717) is 11.4 Å². The Morgan fingerprint density at radius 2 is 2.00 bits per heavy atom. The number of hydrogen-bond donors (Lipinski definition) is 0. The SMILES string of the molecule is O=C(c1csnn1)c1ccnn1-c1ccccc1. The molecule has 3 aromatic rings. The average Bonchev–Trinajstić information content (AvgIpc) is 3.10. The van der Waals surface area contributed by atoms with Crippen LogP contribution in [0.4, 0.5) is 0 Å². The summed E-state index contributed by atoms with van der Waals surface area (Å²) < 4.78 is 5.30. The smallest absolute Gasteiger partial charge is 0.232 e. The lowest BCUT2D eigenvalue weighted by atomic mass is 10.2. The van der Waals surface area contributed by atoms with Gasteiger partial charge in [0.05, 0.1) is 11.9 Å². The van der Waals surface area contributed by atoms with E-state index in [-0.39, 0.29) is 5.78 Å². The number of carbonyl (C=O) groups is 1. The van der Waals surface area contributed by atoms with Gasteiger partial charge in [-0.05, 0) is 29.7 Å². The second-order valence-electron chi connectivity index (χ2n) is 3.58.